The van der Waals surface area contributed by atoms with E-state index >= 15 is 0 Å². The lowest BCUT2D eigenvalue weighted by Crippen LogP contribution is -2.46. The van der Waals surface area contributed by atoms with Crippen LogP contribution in [0.5, 0.6) is 0 Å². The van der Waals surface area contributed by atoms with E-state index in [2.05, 4.69) is 35.3 Å². The minimum atomic E-state index is 0.580. The fourth-order valence-corrected chi connectivity index (χ4v) is 2.70. The Hall–Kier alpha value is -1.53. The van der Waals surface area contributed by atoms with Crippen molar-refractivity contribution in [3.05, 3.63) is 29.3 Å². The first-order chi connectivity index (χ1) is 8.76. The Kier molecular flexibility index (Phi) is 4.22. The third kappa shape index (κ3) is 2.65. The van der Waals surface area contributed by atoms with Crippen LogP contribution in [0, 0.1) is 18.3 Å². The Morgan fingerprint density at radius 3 is 2.89 bits per heavy atom. The fourth-order valence-electron chi connectivity index (χ4n) is 2.70. The van der Waals surface area contributed by atoms with Crippen LogP contribution in [0.3, 0.4) is 0 Å². The second-order valence-corrected chi connectivity index (χ2v) is 4.90. The summed E-state index contributed by atoms with van der Waals surface area (Å²) < 4.78 is 0. The molecule has 0 aliphatic carbocycles. The van der Waals surface area contributed by atoms with Crippen molar-refractivity contribution in [1.82, 2.24) is 5.32 Å². The molecule has 18 heavy (non-hydrogen) atoms. The molecule has 1 heterocycles. The number of anilines is 1. The van der Waals surface area contributed by atoms with Crippen molar-refractivity contribution in [3.8, 4) is 6.07 Å². The van der Waals surface area contributed by atoms with E-state index in [9.17, 15) is 0 Å². The van der Waals surface area contributed by atoms with Gasteiger partial charge in [-0.1, -0.05) is 0 Å². The Morgan fingerprint density at radius 2 is 2.33 bits per heavy atom. The van der Waals surface area contributed by atoms with Crippen LogP contribution in [0.1, 0.15) is 30.9 Å². The van der Waals surface area contributed by atoms with Gasteiger partial charge in [-0.15, -0.1) is 0 Å². The number of nitriles is 1. The molecule has 1 atom stereocenters. The van der Waals surface area contributed by atoms with E-state index in [0.29, 0.717) is 6.04 Å². The first kappa shape index (κ1) is 12.9. The summed E-state index contributed by atoms with van der Waals surface area (Å²) in [5.74, 6) is 0. The number of nitrogens with zero attached hydrogens (tertiary/aromatic N) is 2. The summed E-state index contributed by atoms with van der Waals surface area (Å²) in [6.07, 6.45) is 2.50. The van der Waals surface area contributed by atoms with Crippen molar-refractivity contribution < 1.29 is 0 Å². The largest absolute Gasteiger partial charge is 0.368 e. The van der Waals surface area contributed by atoms with Crippen LogP contribution >= 0.6 is 0 Å². The number of nitrogens with one attached hydrogen (secondary N) is 1. The molecule has 1 N–H and O–H groups in total. The molecule has 0 amide bonds. The molecule has 1 aromatic carbocycles. The number of hydrogen-bond donors (Lipinski definition) is 1. The molecule has 3 heteroatoms. The van der Waals surface area contributed by atoms with E-state index in [-0.39, 0.29) is 0 Å². The Bertz CT molecular complexity index is 442. The Balaban J connectivity index is 2.21. The van der Waals surface area contributed by atoms with E-state index < -0.39 is 0 Å². The van der Waals surface area contributed by atoms with E-state index in [1.54, 1.807) is 0 Å². The van der Waals surface area contributed by atoms with Crippen LogP contribution in [0.2, 0.25) is 0 Å². The van der Waals surface area contributed by atoms with Gasteiger partial charge in [0.25, 0.3) is 0 Å². The molecule has 2 rings (SSSR count). The van der Waals surface area contributed by atoms with Gasteiger partial charge in [0.05, 0.1) is 11.6 Å². The van der Waals surface area contributed by atoms with Crippen molar-refractivity contribution >= 4 is 5.69 Å². The minimum Gasteiger partial charge on any atom is -0.368 e. The lowest BCUT2D eigenvalue weighted by atomic mass is 10.0. The number of piperidine rings is 1. The van der Waals surface area contributed by atoms with Gasteiger partial charge < -0.3 is 10.2 Å². The number of aryl methyl sites for hydroxylation is 1. The summed E-state index contributed by atoms with van der Waals surface area (Å²) in [6, 6.07) is 8.95. The van der Waals surface area contributed by atoms with Crippen molar-refractivity contribution in [2.75, 3.05) is 24.5 Å². The summed E-state index contributed by atoms with van der Waals surface area (Å²) in [5.41, 5.74) is 3.08. The van der Waals surface area contributed by atoms with Gasteiger partial charge in [0, 0.05) is 24.8 Å². The van der Waals surface area contributed by atoms with Crippen LogP contribution in [0.25, 0.3) is 0 Å². The number of benzene rings is 1. The van der Waals surface area contributed by atoms with Crippen molar-refractivity contribution in [2.45, 2.75) is 32.7 Å². The zero-order chi connectivity index (χ0) is 13.0. The number of rotatable bonds is 3. The molecule has 0 aromatic heterocycles. The molecule has 1 aromatic rings. The summed E-state index contributed by atoms with van der Waals surface area (Å²) in [6.45, 7) is 7.42. The fraction of sp³-hybridized carbons (Fsp3) is 0.533. The van der Waals surface area contributed by atoms with Crippen molar-refractivity contribution in [1.29, 1.82) is 5.26 Å². The van der Waals surface area contributed by atoms with Crippen LogP contribution in [-0.2, 0) is 0 Å². The highest BCUT2D eigenvalue weighted by Gasteiger charge is 2.20. The highest BCUT2D eigenvalue weighted by atomic mass is 15.2. The molecular formula is C15H21N3. The average Bonchev–Trinajstić information content (AvgIpc) is 2.41. The van der Waals surface area contributed by atoms with Gasteiger partial charge in [-0.25, -0.2) is 0 Å². The van der Waals surface area contributed by atoms with Gasteiger partial charge in [0.15, 0.2) is 0 Å². The van der Waals surface area contributed by atoms with E-state index in [1.165, 1.54) is 18.5 Å². The SMILES string of the molecule is CCN(c1ccc(C#N)c(C)c1)C1CCCNC1. The quantitative estimate of drug-likeness (QED) is 0.886. The molecule has 0 saturated carbocycles. The number of hydrogen-bond acceptors (Lipinski definition) is 3. The second-order valence-electron chi connectivity index (χ2n) is 4.90. The third-order valence-electron chi connectivity index (χ3n) is 3.71. The lowest BCUT2D eigenvalue weighted by molar-refractivity contribution is 0.435. The first-order valence-corrected chi connectivity index (χ1v) is 6.74. The Morgan fingerprint density at radius 1 is 1.50 bits per heavy atom. The molecule has 96 valence electrons. The average molecular weight is 243 g/mol. The van der Waals surface area contributed by atoms with E-state index in [4.69, 9.17) is 5.26 Å². The van der Waals surface area contributed by atoms with Crippen LogP contribution in [0.4, 0.5) is 5.69 Å². The maximum atomic E-state index is 8.98. The van der Waals surface area contributed by atoms with Crippen LogP contribution < -0.4 is 10.2 Å². The van der Waals surface area contributed by atoms with Gasteiger partial charge in [0.1, 0.15) is 0 Å². The summed E-state index contributed by atoms with van der Waals surface area (Å²) in [4.78, 5) is 2.44. The van der Waals surface area contributed by atoms with E-state index in [0.717, 1.165) is 30.8 Å². The smallest absolute Gasteiger partial charge is 0.0994 e. The first-order valence-electron chi connectivity index (χ1n) is 6.74. The zero-order valence-electron chi connectivity index (χ0n) is 11.2. The van der Waals surface area contributed by atoms with Crippen molar-refractivity contribution in [3.63, 3.8) is 0 Å². The Labute approximate surface area is 109 Å². The summed E-state index contributed by atoms with van der Waals surface area (Å²) in [5, 5.41) is 12.4. The minimum absolute atomic E-state index is 0.580. The molecule has 1 aliphatic heterocycles. The molecule has 0 radical (unpaired) electrons. The monoisotopic (exact) mass is 243 g/mol. The molecule has 3 nitrogen and oxygen atoms in total. The summed E-state index contributed by atoms with van der Waals surface area (Å²) in [7, 11) is 0. The predicted octanol–water partition coefficient (Wildman–Crippen LogP) is 2.45. The van der Waals surface area contributed by atoms with Gasteiger partial charge in [-0.2, -0.15) is 5.26 Å². The van der Waals surface area contributed by atoms with E-state index in [1.807, 2.05) is 13.0 Å². The molecule has 1 unspecified atom stereocenters. The molecule has 1 fully saturated rings. The molecule has 1 aliphatic rings. The van der Waals surface area contributed by atoms with Gasteiger partial charge in [-0.3, -0.25) is 0 Å². The lowest BCUT2D eigenvalue weighted by Gasteiger charge is -2.36. The molecule has 0 bridgehead atoms. The normalized spacial score (nSPS) is 19.3. The molecule has 0 spiro atoms. The molecular weight excluding hydrogens is 222 g/mol. The topological polar surface area (TPSA) is 39.1 Å². The predicted molar refractivity (Wildman–Crippen MR) is 74.8 cm³/mol. The van der Waals surface area contributed by atoms with Crippen LogP contribution in [0.15, 0.2) is 18.2 Å². The summed E-state index contributed by atoms with van der Waals surface area (Å²) >= 11 is 0. The standard InChI is InChI=1S/C15H21N3/c1-3-18(15-5-4-8-17-11-15)14-7-6-13(10-16)12(2)9-14/h6-7,9,15,17H,3-5,8,11H2,1-2H3. The zero-order valence-corrected chi connectivity index (χ0v) is 11.2. The highest BCUT2D eigenvalue weighted by molar-refractivity contribution is 5.54. The maximum absolute atomic E-state index is 8.98. The number of likely N-dealkylation sites (N-methyl/N-ethyl adjacent to an activating group) is 1. The maximum Gasteiger partial charge on any atom is 0.0994 e. The van der Waals surface area contributed by atoms with Crippen LogP contribution in [-0.4, -0.2) is 25.7 Å². The van der Waals surface area contributed by atoms with Crippen molar-refractivity contribution in [2.24, 2.45) is 0 Å². The molecule has 1 saturated heterocycles. The van der Waals surface area contributed by atoms with Gasteiger partial charge in [-0.05, 0) is 57.0 Å². The van der Waals surface area contributed by atoms with Gasteiger partial charge >= 0.3 is 0 Å². The highest BCUT2D eigenvalue weighted by Crippen LogP contribution is 2.23. The third-order valence-corrected chi connectivity index (χ3v) is 3.71. The van der Waals surface area contributed by atoms with Gasteiger partial charge in [0.2, 0.25) is 0 Å². The second kappa shape index (κ2) is 5.88.